The number of benzene rings is 2. The second kappa shape index (κ2) is 6.76. The van der Waals surface area contributed by atoms with Gasteiger partial charge < -0.3 is 9.64 Å². The molecular weight excluding hydrogens is 353 g/mol. The molecule has 4 rings (SSSR count). The second-order valence-corrected chi connectivity index (χ2v) is 7.74. The van der Waals surface area contributed by atoms with Gasteiger partial charge in [0.1, 0.15) is 17.2 Å². The highest BCUT2D eigenvalue weighted by Crippen LogP contribution is 2.38. The Morgan fingerprint density at radius 2 is 1.96 bits per heavy atom. The van der Waals surface area contributed by atoms with Crippen LogP contribution in [-0.4, -0.2) is 41.0 Å². The zero-order valence-corrected chi connectivity index (χ0v) is 14.9. The Bertz CT molecular complexity index is 854. The zero-order chi connectivity index (χ0) is 18.1. The molecule has 4 nitrogen and oxygen atoms in total. The molecule has 0 N–H and O–H groups in total. The normalized spacial score (nSPS) is 21.6. The van der Waals surface area contributed by atoms with Gasteiger partial charge in [-0.2, -0.15) is 0 Å². The molecule has 0 saturated carbocycles. The van der Waals surface area contributed by atoms with Gasteiger partial charge in [-0.05, 0) is 36.4 Å². The fourth-order valence-electron chi connectivity index (χ4n) is 3.50. The molecular formula is C20H18FNO3S. The van der Waals surface area contributed by atoms with Crippen LogP contribution in [0.1, 0.15) is 23.2 Å². The number of ketones is 1. The third kappa shape index (κ3) is 3.33. The van der Waals surface area contributed by atoms with E-state index in [0.29, 0.717) is 37.2 Å². The van der Waals surface area contributed by atoms with E-state index < -0.39 is 5.60 Å². The highest BCUT2D eigenvalue weighted by Gasteiger charge is 2.46. The fraction of sp³-hybridized carbons (Fsp3) is 0.300. The number of amides is 1. The van der Waals surface area contributed by atoms with E-state index in [9.17, 15) is 14.0 Å². The van der Waals surface area contributed by atoms with E-state index in [-0.39, 0.29) is 23.3 Å². The Kier molecular flexibility index (Phi) is 4.44. The molecule has 2 heterocycles. The molecule has 1 fully saturated rings. The number of Topliss-reactive ketones (excluding diaryl/α,β-unsaturated/α-hetero) is 1. The van der Waals surface area contributed by atoms with E-state index in [1.165, 1.54) is 23.9 Å². The molecule has 0 radical (unpaired) electrons. The maximum Gasteiger partial charge on any atom is 0.233 e. The molecule has 134 valence electrons. The highest BCUT2D eigenvalue weighted by molar-refractivity contribution is 8.00. The molecule has 2 aromatic carbocycles. The number of ether oxygens (including phenoxy) is 1. The topological polar surface area (TPSA) is 46.6 Å². The predicted molar refractivity (Wildman–Crippen MR) is 97.1 cm³/mol. The van der Waals surface area contributed by atoms with Gasteiger partial charge in [0.05, 0.1) is 24.3 Å². The average molecular weight is 371 g/mol. The number of hydrogen-bond acceptors (Lipinski definition) is 4. The van der Waals surface area contributed by atoms with Crippen LogP contribution < -0.4 is 4.74 Å². The number of nitrogens with zero attached hydrogens (tertiary/aromatic N) is 1. The van der Waals surface area contributed by atoms with E-state index in [1.807, 2.05) is 18.2 Å². The second-order valence-electron chi connectivity index (χ2n) is 6.69. The Morgan fingerprint density at radius 3 is 2.77 bits per heavy atom. The number of hydrogen-bond donors (Lipinski definition) is 0. The molecule has 0 bridgehead atoms. The quantitative estimate of drug-likeness (QED) is 0.774. The van der Waals surface area contributed by atoms with Crippen LogP contribution in [0.25, 0.3) is 0 Å². The van der Waals surface area contributed by atoms with Crippen LogP contribution in [0.5, 0.6) is 5.75 Å². The fourth-order valence-corrected chi connectivity index (χ4v) is 4.30. The van der Waals surface area contributed by atoms with Crippen molar-refractivity contribution in [2.45, 2.75) is 23.3 Å². The van der Waals surface area contributed by atoms with Gasteiger partial charge in [-0.1, -0.05) is 12.1 Å². The highest BCUT2D eigenvalue weighted by atomic mass is 32.2. The van der Waals surface area contributed by atoms with Gasteiger partial charge in [0, 0.05) is 17.9 Å². The lowest BCUT2D eigenvalue weighted by Gasteiger charge is -2.34. The van der Waals surface area contributed by atoms with E-state index in [0.717, 1.165) is 4.90 Å². The number of carbonyl (C=O) groups excluding carboxylic acids is 2. The zero-order valence-electron chi connectivity index (χ0n) is 14.1. The van der Waals surface area contributed by atoms with Crippen molar-refractivity contribution in [1.29, 1.82) is 0 Å². The molecule has 1 spiro atoms. The third-order valence-electron chi connectivity index (χ3n) is 4.84. The molecule has 2 aliphatic heterocycles. The maximum atomic E-state index is 12.9. The molecule has 1 atom stereocenters. The average Bonchev–Trinajstić information content (AvgIpc) is 3.04. The molecule has 0 aliphatic carbocycles. The SMILES string of the molecule is O=C1CC2(CCN(C(=O)CSc3ccc(F)cc3)C2)Oc2ccccc21. The summed E-state index contributed by atoms with van der Waals surface area (Å²) in [7, 11) is 0. The Balaban J connectivity index is 1.40. The van der Waals surface area contributed by atoms with E-state index in [4.69, 9.17) is 4.74 Å². The lowest BCUT2D eigenvalue weighted by Crippen LogP contribution is -2.45. The summed E-state index contributed by atoms with van der Waals surface area (Å²) in [6, 6.07) is 13.4. The number of para-hydroxylation sites is 1. The van der Waals surface area contributed by atoms with Gasteiger partial charge in [-0.3, -0.25) is 9.59 Å². The molecule has 6 heteroatoms. The van der Waals surface area contributed by atoms with Crippen LogP contribution in [0.2, 0.25) is 0 Å². The van der Waals surface area contributed by atoms with Gasteiger partial charge in [-0.25, -0.2) is 4.39 Å². The van der Waals surface area contributed by atoms with Crippen LogP contribution in [0.15, 0.2) is 53.4 Å². The number of likely N-dealkylation sites (tertiary alicyclic amines) is 1. The molecule has 0 aromatic heterocycles. The minimum Gasteiger partial charge on any atom is -0.484 e. The molecule has 2 aliphatic rings. The number of thioether (sulfide) groups is 1. The van der Waals surface area contributed by atoms with Gasteiger partial charge in [0.2, 0.25) is 5.91 Å². The number of halogens is 1. The van der Waals surface area contributed by atoms with Crippen LogP contribution in [0, 0.1) is 5.82 Å². The van der Waals surface area contributed by atoms with Gasteiger partial charge >= 0.3 is 0 Å². The van der Waals surface area contributed by atoms with Crippen molar-refractivity contribution in [3.05, 3.63) is 59.9 Å². The number of fused-ring (bicyclic) bond motifs is 1. The Labute approximate surface area is 155 Å². The van der Waals surface area contributed by atoms with E-state index >= 15 is 0 Å². The summed E-state index contributed by atoms with van der Waals surface area (Å²) in [4.78, 5) is 27.6. The van der Waals surface area contributed by atoms with Crippen molar-refractivity contribution in [3.8, 4) is 5.75 Å². The van der Waals surface area contributed by atoms with Gasteiger partial charge in [0.15, 0.2) is 5.78 Å². The predicted octanol–water partition coefficient (Wildman–Crippen LogP) is 3.55. The van der Waals surface area contributed by atoms with Crippen LogP contribution in [0.3, 0.4) is 0 Å². The van der Waals surface area contributed by atoms with Crippen molar-refractivity contribution in [3.63, 3.8) is 0 Å². The monoisotopic (exact) mass is 371 g/mol. The third-order valence-corrected chi connectivity index (χ3v) is 5.84. The largest absolute Gasteiger partial charge is 0.484 e. The Morgan fingerprint density at radius 1 is 1.19 bits per heavy atom. The van der Waals surface area contributed by atoms with Crippen molar-refractivity contribution in [2.75, 3.05) is 18.8 Å². The molecule has 26 heavy (non-hydrogen) atoms. The summed E-state index contributed by atoms with van der Waals surface area (Å²) in [6.45, 7) is 1.01. The molecule has 1 unspecified atom stereocenters. The van der Waals surface area contributed by atoms with Crippen LogP contribution >= 0.6 is 11.8 Å². The lowest BCUT2D eigenvalue weighted by atomic mass is 9.89. The van der Waals surface area contributed by atoms with Crippen molar-refractivity contribution in [1.82, 2.24) is 4.90 Å². The van der Waals surface area contributed by atoms with E-state index in [1.54, 1.807) is 23.1 Å². The number of rotatable bonds is 3. The minimum atomic E-state index is -0.609. The minimum absolute atomic E-state index is 0.00566. The first kappa shape index (κ1) is 17.1. The van der Waals surface area contributed by atoms with Crippen molar-refractivity contribution in [2.24, 2.45) is 0 Å². The van der Waals surface area contributed by atoms with E-state index in [2.05, 4.69) is 0 Å². The van der Waals surface area contributed by atoms with Gasteiger partial charge in [0.25, 0.3) is 0 Å². The summed E-state index contributed by atoms with van der Waals surface area (Å²) in [6.07, 6.45) is 0.957. The first-order valence-electron chi connectivity index (χ1n) is 8.52. The smallest absolute Gasteiger partial charge is 0.233 e. The summed E-state index contributed by atoms with van der Waals surface area (Å²) in [5, 5.41) is 0. The van der Waals surface area contributed by atoms with Crippen molar-refractivity contribution >= 4 is 23.5 Å². The molecule has 1 amide bonds. The van der Waals surface area contributed by atoms with Crippen molar-refractivity contribution < 1.29 is 18.7 Å². The maximum absolute atomic E-state index is 12.9. The first-order chi connectivity index (χ1) is 12.5. The van der Waals surface area contributed by atoms with Gasteiger partial charge in [-0.15, -0.1) is 11.8 Å². The standard InChI is InChI=1S/C20H18FNO3S/c21-14-5-7-15(8-6-14)26-12-19(24)22-10-9-20(13-22)11-17(23)16-3-1-2-4-18(16)25-20/h1-8H,9-13H2. The summed E-state index contributed by atoms with van der Waals surface area (Å²) in [5.41, 5.74) is 0.0107. The molecule has 2 aromatic rings. The first-order valence-corrected chi connectivity index (χ1v) is 9.51. The summed E-state index contributed by atoms with van der Waals surface area (Å²) in [5.74, 6) is 0.680. The number of carbonyl (C=O) groups is 2. The van der Waals surface area contributed by atoms with Crippen LogP contribution in [-0.2, 0) is 4.79 Å². The summed E-state index contributed by atoms with van der Waals surface area (Å²) >= 11 is 1.38. The van der Waals surface area contributed by atoms with Crippen LogP contribution in [0.4, 0.5) is 4.39 Å². The summed E-state index contributed by atoms with van der Waals surface area (Å²) < 4.78 is 19.1. The Hall–Kier alpha value is -2.34. The molecule has 1 saturated heterocycles. The lowest BCUT2D eigenvalue weighted by molar-refractivity contribution is -0.128.